The molecule has 8 heteroatoms. The van der Waals surface area contributed by atoms with E-state index in [1.165, 1.54) is 6.42 Å². The summed E-state index contributed by atoms with van der Waals surface area (Å²) in [4.78, 5) is 44.4. The van der Waals surface area contributed by atoms with Crippen molar-refractivity contribution in [2.45, 2.75) is 58.0 Å². The number of nitrogens with zero attached hydrogens (tertiary/aromatic N) is 3. The second kappa shape index (κ2) is 11.2. The fourth-order valence-corrected chi connectivity index (χ4v) is 4.78. The van der Waals surface area contributed by atoms with E-state index in [0.717, 1.165) is 31.2 Å². The number of nitrogens with two attached hydrogens (primary N) is 1. The van der Waals surface area contributed by atoms with E-state index >= 15 is 0 Å². The molecule has 1 aromatic heterocycles. The number of hydrogen-bond acceptors (Lipinski definition) is 4. The molecule has 0 unspecified atom stereocenters. The summed E-state index contributed by atoms with van der Waals surface area (Å²) in [6, 6.07) is 12.8. The predicted molar refractivity (Wildman–Crippen MR) is 141 cm³/mol. The van der Waals surface area contributed by atoms with Crippen LogP contribution in [0.15, 0.2) is 55.1 Å². The number of benzene rings is 2. The number of primary amides is 1. The molecule has 1 fully saturated rings. The Labute approximate surface area is 211 Å². The second-order valence-corrected chi connectivity index (χ2v) is 9.37. The van der Waals surface area contributed by atoms with Gasteiger partial charge in [0.1, 0.15) is 0 Å². The molecule has 0 aliphatic heterocycles. The van der Waals surface area contributed by atoms with Gasteiger partial charge in [-0.05, 0) is 50.1 Å². The number of nitrogens with one attached hydrogen (secondary N) is 1. The number of fused-ring (bicyclic) bond motifs is 1. The van der Waals surface area contributed by atoms with Gasteiger partial charge in [0.05, 0.1) is 11.0 Å². The highest BCUT2D eigenvalue weighted by Gasteiger charge is 2.26. The van der Waals surface area contributed by atoms with Crippen molar-refractivity contribution in [2.24, 2.45) is 5.73 Å². The van der Waals surface area contributed by atoms with E-state index in [1.54, 1.807) is 34.9 Å². The molecule has 1 aliphatic carbocycles. The Kier molecular flexibility index (Phi) is 7.83. The van der Waals surface area contributed by atoms with Gasteiger partial charge in [-0.3, -0.25) is 19.7 Å². The van der Waals surface area contributed by atoms with Crippen molar-refractivity contribution in [3.05, 3.63) is 71.8 Å². The molecule has 3 amide bonds. The van der Waals surface area contributed by atoms with Crippen molar-refractivity contribution in [1.82, 2.24) is 14.5 Å². The topological polar surface area (TPSA) is 110 Å². The van der Waals surface area contributed by atoms with Crippen LogP contribution in [0.25, 0.3) is 11.0 Å². The Hall–Kier alpha value is -3.94. The molecule has 0 atom stereocenters. The summed E-state index contributed by atoms with van der Waals surface area (Å²) >= 11 is 0. The van der Waals surface area contributed by atoms with Crippen molar-refractivity contribution in [2.75, 3.05) is 11.9 Å². The number of amides is 3. The van der Waals surface area contributed by atoms with Crippen molar-refractivity contribution < 1.29 is 14.4 Å². The van der Waals surface area contributed by atoms with E-state index < -0.39 is 5.91 Å². The molecule has 1 saturated carbocycles. The number of aryl methyl sites for hydroxylation is 2. The van der Waals surface area contributed by atoms with Crippen LogP contribution in [-0.2, 0) is 11.3 Å². The maximum Gasteiger partial charge on any atom is 0.257 e. The molecular formula is C28H33N5O3. The van der Waals surface area contributed by atoms with Gasteiger partial charge in [0.15, 0.2) is 0 Å². The van der Waals surface area contributed by atoms with E-state index in [0.29, 0.717) is 34.7 Å². The molecule has 0 bridgehead atoms. The van der Waals surface area contributed by atoms with Crippen molar-refractivity contribution in [3.63, 3.8) is 0 Å². The SMILES string of the molecule is C=CCN(C(=O)c1ccc2c(c1)nc(NC(=O)c1ccc(C)cc1)n2CCC(N)=O)C1CCCCC1. The fraction of sp³-hybridized carbons (Fsp3) is 0.357. The minimum atomic E-state index is -0.452. The van der Waals surface area contributed by atoms with Gasteiger partial charge in [-0.25, -0.2) is 4.98 Å². The Bertz CT molecular complexity index is 1270. The number of carbonyl (C=O) groups excluding carboxylic acids is 3. The van der Waals surface area contributed by atoms with Crippen LogP contribution in [0.5, 0.6) is 0 Å². The molecule has 0 radical (unpaired) electrons. The van der Waals surface area contributed by atoms with Gasteiger partial charge in [-0.1, -0.05) is 43.0 Å². The lowest BCUT2D eigenvalue weighted by Gasteiger charge is -2.33. The summed E-state index contributed by atoms with van der Waals surface area (Å²) in [5, 5.41) is 2.86. The fourth-order valence-electron chi connectivity index (χ4n) is 4.78. The van der Waals surface area contributed by atoms with Gasteiger partial charge in [0, 0.05) is 36.7 Å². The van der Waals surface area contributed by atoms with Crippen molar-refractivity contribution >= 4 is 34.7 Å². The number of imidazole rings is 1. The summed E-state index contributed by atoms with van der Waals surface area (Å²) < 4.78 is 1.75. The zero-order valence-electron chi connectivity index (χ0n) is 20.7. The number of hydrogen-bond donors (Lipinski definition) is 2. The molecule has 1 heterocycles. The van der Waals surface area contributed by atoms with Crippen LogP contribution >= 0.6 is 0 Å². The van der Waals surface area contributed by atoms with Crippen LogP contribution < -0.4 is 11.1 Å². The number of aromatic nitrogens is 2. The van der Waals surface area contributed by atoms with E-state index in [9.17, 15) is 14.4 Å². The standard InChI is InChI=1S/C28H33N5O3/c1-3-16-32(22-7-5-4-6-8-22)27(36)21-13-14-24-23(18-21)30-28(33(24)17-15-25(29)34)31-26(35)20-11-9-19(2)10-12-20/h3,9-14,18,22H,1,4-8,15-17H2,2H3,(H2,29,34)(H,30,31,35). The Balaban J connectivity index is 1.66. The Morgan fingerprint density at radius 1 is 1.11 bits per heavy atom. The lowest BCUT2D eigenvalue weighted by molar-refractivity contribution is -0.118. The summed E-state index contributed by atoms with van der Waals surface area (Å²) in [5.74, 6) is -0.513. The van der Waals surface area contributed by atoms with Gasteiger partial charge < -0.3 is 15.2 Å². The first-order valence-electron chi connectivity index (χ1n) is 12.5. The zero-order valence-corrected chi connectivity index (χ0v) is 20.7. The van der Waals surface area contributed by atoms with Crippen LogP contribution in [0, 0.1) is 6.92 Å². The zero-order chi connectivity index (χ0) is 25.7. The largest absolute Gasteiger partial charge is 0.370 e. The highest BCUT2D eigenvalue weighted by atomic mass is 16.2. The summed E-state index contributed by atoms with van der Waals surface area (Å²) in [6.07, 6.45) is 7.31. The monoisotopic (exact) mass is 487 g/mol. The molecule has 0 saturated heterocycles. The minimum Gasteiger partial charge on any atom is -0.370 e. The third-order valence-corrected chi connectivity index (χ3v) is 6.72. The van der Waals surface area contributed by atoms with Crippen molar-refractivity contribution in [1.29, 1.82) is 0 Å². The first-order valence-corrected chi connectivity index (χ1v) is 12.5. The Morgan fingerprint density at radius 2 is 1.81 bits per heavy atom. The third kappa shape index (κ3) is 5.64. The number of rotatable bonds is 9. The summed E-state index contributed by atoms with van der Waals surface area (Å²) in [7, 11) is 0. The highest BCUT2D eigenvalue weighted by Crippen LogP contribution is 2.26. The van der Waals surface area contributed by atoms with Gasteiger partial charge >= 0.3 is 0 Å². The average molecular weight is 488 g/mol. The van der Waals surface area contributed by atoms with Gasteiger partial charge in [0.2, 0.25) is 11.9 Å². The molecule has 1 aliphatic rings. The summed E-state index contributed by atoms with van der Waals surface area (Å²) in [5.41, 5.74) is 8.74. The van der Waals surface area contributed by atoms with E-state index in [1.807, 2.05) is 30.0 Å². The average Bonchev–Trinajstić information content (AvgIpc) is 3.22. The maximum atomic E-state index is 13.5. The highest BCUT2D eigenvalue weighted by molar-refractivity contribution is 6.04. The minimum absolute atomic E-state index is 0.0550. The van der Waals surface area contributed by atoms with E-state index in [-0.39, 0.29) is 30.8 Å². The normalized spacial score (nSPS) is 13.9. The first kappa shape index (κ1) is 25.2. The molecule has 188 valence electrons. The molecule has 2 aromatic carbocycles. The van der Waals surface area contributed by atoms with E-state index in [4.69, 9.17) is 5.73 Å². The summed E-state index contributed by atoms with van der Waals surface area (Å²) in [6.45, 7) is 6.54. The smallest absolute Gasteiger partial charge is 0.257 e. The number of anilines is 1. The molecular weight excluding hydrogens is 454 g/mol. The molecule has 36 heavy (non-hydrogen) atoms. The third-order valence-electron chi connectivity index (χ3n) is 6.72. The maximum absolute atomic E-state index is 13.5. The molecule has 8 nitrogen and oxygen atoms in total. The predicted octanol–water partition coefficient (Wildman–Crippen LogP) is 4.43. The van der Waals surface area contributed by atoms with Crippen LogP contribution in [-0.4, -0.2) is 44.8 Å². The second-order valence-electron chi connectivity index (χ2n) is 9.37. The lowest BCUT2D eigenvalue weighted by atomic mass is 9.93. The number of carbonyl (C=O) groups is 3. The van der Waals surface area contributed by atoms with Crippen LogP contribution in [0.2, 0.25) is 0 Å². The van der Waals surface area contributed by atoms with E-state index in [2.05, 4.69) is 16.9 Å². The molecule has 3 N–H and O–H groups in total. The first-order chi connectivity index (χ1) is 17.4. The molecule has 0 spiro atoms. The van der Waals surface area contributed by atoms with Crippen molar-refractivity contribution in [3.8, 4) is 0 Å². The Morgan fingerprint density at radius 3 is 2.47 bits per heavy atom. The van der Waals surface area contributed by atoms with Gasteiger partial charge in [-0.15, -0.1) is 6.58 Å². The molecule has 4 rings (SSSR count). The van der Waals surface area contributed by atoms with Crippen LogP contribution in [0.3, 0.4) is 0 Å². The van der Waals surface area contributed by atoms with Crippen LogP contribution in [0.1, 0.15) is 64.8 Å². The van der Waals surface area contributed by atoms with Gasteiger partial charge in [0.25, 0.3) is 11.8 Å². The quantitative estimate of drug-likeness (QED) is 0.435. The van der Waals surface area contributed by atoms with Crippen LogP contribution in [0.4, 0.5) is 5.95 Å². The molecule has 3 aromatic rings. The van der Waals surface area contributed by atoms with Gasteiger partial charge in [-0.2, -0.15) is 0 Å². The lowest BCUT2D eigenvalue weighted by Crippen LogP contribution is -2.41.